The maximum Gasteiger partial charge on any atom is 0.144 e. The molecule has 1 atom stereocenters. The first kappa shape index (κ1) is 15.7. The lowest BCUT2D eigenvalue weighted by Crippen LogP contribution is -2.14. The number of ketones is 1. The van der Waals surface area contributed by atoms with Gasteiger partial charge in [0.2, 0.25) is 0 Å². The van der Waals surface area contributed by atoms with E-state index in [-0.39, 0.29) is 11.9 Å². The normalized spacial score (nSPS) is 12.1. The first-order chi connectivity index (χ1) is 10.2. The minimum absolute atomic E-state index is 0.171. The van der Waals surface area contributed by atoms with Gasteiger partial charge >= 0.3 is 0 Å². The summed E-state index contributed by atoms with van der Waals surface area (Å²) in [6.07, 6.45) is 4.81. The van der Waals surface area contributed by atoms with Crippen molar-refractivity contribution in [2.75, 3.05) is 0 Å². The van der Waals surface area contributed by atoms with Gasteiger partial charge in [0, 0.05) is 23.6 Å². The number of thiazole rings is 1. The summed E-state index contributed by atoms with van der Waals surface area (Å²) >= 11 is 1.52. The van der Waals surface area contributed by atoms with E-state index in [1.54, 1.807) is 6.20 Å². The monoisotopic (exact) mass is 303 g/mol. The van der Waals surface area contributed by atoms with Gasteiger partial charge in [-0.2, -0.15) is 0 Å². The molecule has 0 saturated heterocycles. The summed E-state index contributed by atoms with van der Waals surface area (Å²) in [5.74, 6) is 0.995. The Balaban J connectivity index is 2.00. The molecule has 1 aromatic carbocycles. The molecule has 3 nitrogen and oxygen atoms in total. The van der Waals surface area contributed by atoms with Gasteiger partial charge in [0.25, 0.3) is 0 Å². The van der Waals surface area contributed by atoms with Crippen LogP contribution in [0.5, 0.6) is 5.75 Å². The van der Waals surface area contributed by atoms with E-state index in [0.717, 1.165) is 29.2 Å². The summed E-state index contributed by atoms with van der Waals surface area (Å²) in [6.45, 7) is 4.21. The Hall–Kier alpha value is -1.68. The van der Waals surface area contributed by atoms with Crippen molar-refractivity contribution < 1.29 is 9.53 Å². The Bertz CT molecular complexity index is 566. The fourth-order valence-corrected chi connectivity index (χ4v) is 2.88. The molecule has 0 radical (unpaired) electrons. The van der Waals surface area contributed by atoms with Crippen molar-refractivity contribution in [1.82, 2.24) is 4.98 Å². The van der Waals surface area contributed by atoms with Crippen LogP contribution in [-0.2, 0) is 17.6 Å². The molecule has 112 valence electrons. The van der Waals surface area contributed by atoms with Crippen molar-refractivity contribution in [1.29, 1.82) is 0 Å². The molecule has 2 aromatic rings. The molecule has 0 amide bonds. The molecule has 21 heavy (non-hydrogen) atoms. The number of benzene rings is 1. The van der Waals surface area contributed by atoms with E-state index in [1.165, 1.54) is 11.3 Å². The standard InChI is InChI=1S/C17H21NO2S/c1-3-6-13(2)20-16-8-5-4-7-14(16)11-15(19)12-17-18-9-10-21-17/h4-5,7-10,13H,3,6,11-12H2,1-2H3. The molecule has 2 rings (SSSR count). The Kier molecular flexibility index (Phi) is 5.93. The molecule has 0 saturated carbocycles. The zero-order valence-corrected chi connectivity index (χ0v) is 13.4. The molecule has 4 heteroatoms. The maximum absolute atomic E-state index is 12.2. The highest BCUT2D eigenvalue weighted by Gasteiger charge is 2.12. The largest absolute Gasteiger partial charge is 0.490 e. The second-order valence-electron chi connectivity index (χ2n) is 5.14. The van der Waals surface area contributed by atoms with E-state index >= 15 is 0 Å². The van der Waals surface area contributed by atoms with Crippen LogP contribution in [0, 0.1) is 0 Å². The highest BCUT2D eigenvalue weighted by molar-refractivity contribution is 7.09. The van der Waals surface area contributed by atoms with E-state index in [9.17, 15) is 4.79 Å². The lowest BCUT2D eigenvalue weighted by Gasteiger charge is -2.16. The third-order valence-corrected chi connectivity index (χ3v) is 4.00. The van der Waals surface area contributed by atoms with Gasteiger partial charge in [0.15, 0.2) is 0 Å². The van der Waals surface area contributed by atoms with Crippen LogP contribution in [0.25, 0.3) is 0 Å². The predicted octanol–water partition coefficient (Wildman–Crippen LogP) is 4.06. The number of para-hydroxylation sites is 1. The number of rotatable bonds is 8. The van der Waals surface area contributed by atoms with Crippen LogP contribution < -0.4 is 4.74 Å². The average Bonchev–Trinajstić information content (AvgIpc) is 2.94. The van der Waals surface area contributed by atoms with Crippen LogP contribution in [0.2, 0.25) is 0 Å². The Morgan fingerprint density at radius 3 is 2.86 bits per heavy atom. The van der Waals surface area contributed by atoms with Gasteiger partial charge in [-0.15, -0.1) is 11.3 Å². The minimum Gasteiger partial charge on any atom is -0.490 e. The lowest BCUT2D eigenvalue weighted by molar-refractivity contribution is -0.117. The number of hydrogen-bond acceptors (Lipinski definition) is 4. The van der Waals surface area contributed by atoms with Gasteiger partial charge < -0.3 is 4.74 Å². The molecule has 1 aromatic heterocycles. The van der Waals surface area contributed by atoms with Crippen molar-refractivity contribution in [3.63, 3.8) is 0 Å². The SMILES string of the molecule is CCCC(C)Oc1ccccc1CC(=O)Cc1nccs1. The third-order valence-electron chi connectivity index (χ3n) is 3.22. The third kappa shape index (κ3) is 4.97. The number of hydrogen-bond donors (Lipinski definition) is 0. The maximum atomic E-state index is 12.2. The number of Topliss-reactive ketones (excluding diaryl/α,β-unsaturated/α-hetero) is 1. The van der Waals surface area contributed by atoms with Crippen molar-refractivity contribution in [2.24, 2.45) is 0 Å². The molecular weight excluding hydrogens is 282 g/mol. The summed E-state index contributed by atoms with van der Waals surface area (Å²) in [5, 5.41) is 2.77. The number of aromatic nitrogens is 1. The molecule has 0 fully saturated rings. The van der Waals surface area contributed by atoms with Crippen molar-refractivity contribution >= 4 is 17.1 Å². The van der Waals surface area contributed by atoms with E-state index in [1.807, 2.05) is 29.6 Å². The second kappa shape index (κ2) is 7.93. The van der Waals surface area contributed by atoms with E-state index in [4.69, 9.17) is 4.74 Å². The van der Waals surface area contributed by atoms with Crippen molar-refractivity contribution in [3.05, 3.63) is 46.4 Å². The topological polar surface area (TPSA) is 39.2 Å². The minimum atomic E-state index is 0.171. The van der Waals surface area contributed by atoms with E-state index in [0.29, 0.717) is 12.8 Å². The summed E-state index contributed by atoms with van der Waals surface area (Å²) in [4.78, 5) is 16.3. The van der Waals surface area contributed by atoms with Gasteiger partial charge in [-0.25, -0.2) is 4.98 Å². The van der Waals surface area contributed by atoms with Crippen LogP contribution in [0.15, 0.2) is 35.8 Å². The molecule has 0 aliphatic rings. The molecule has 0 spiro atoms. The zero-order valence-electron chi connectivity index (χ0n) is 12.5. The molecule has 0 N–H and O–H groups in total. The van der Waals surface area contributed by atoms with Crippen LogP contribution in [0.1, 0.15) is 37.3 Å². The first-order valence-corrected chi connectivity index (χ1v) is 8.21. The van der Waals surface area contributed by atoms with Gasteiger partial charge in [0.05, 0.1) is 17.5 Å². The number of nitrogens with zero attached hydrogens (tertiary/aromatic N) is 1. The fourth-order valence-electron chi connectivity index (χ4n) is 2.23. The number of ether oxygens (including phenoxy) is 1. The quantitative estimate of drug-likeness (QED) is 0.738. The number of carbonyl (C=O) groups is 1. The lowest BCUT2D eigenvalue weighted by atomic mass is 10.1. The summed E-state index contributed by atoms with van der Waals surface area (Å²) in [6, 6.07) is 7.80. The summed E-state index contributed by atoms with van der Waals surface area (Å²) in [5.41, 5.74) is 0.960. The smallest absolute Gasteiger partial charge is 0.144 e. The predicted molar refractivity (Wildman–Crippen MR) is 86.0 cm³/mol. The summed E-state index contributed by atoms with van der Waals surface area (Å²) < 4.78 is 5.96. The molecule has 0 bridgehead atoms. The van der Waals surface area contributed by atoms with Crippen molar-refractivity contribution in [3.8, 4) is 5.75 Å². The first-order valence-electron chi connectivity index (χ1n) is 7.33. The Morgan fingerprint density at radius 2 is 2.14 bits per heavy atom. The highest BCUT2D eigenvalue weighted by Crippen LogP contribution is 2.22. The zero-order chi connectivity index (χ0) is 15.1. The molecule has 1 unspecified atom stereocenters. The van der Waals surface area contributed by atoms with Gasteiger partial charge in [-0.1, -0.05) is 31.5 Å². The van der Waals surface area contributed by atoms with Crippen LogP contribution >= 0.6 is 11.3 Å². The molecule has 0 aliphatic carbocycles. The summed E-state index contributed by atoms with van der Waals surface area (Å²) in [7, 11) is 0. The second-order valence-corrected chi connectivity index (χ2v) is 6.12. The van der Waals surface area contributed by atoms with Gasteiger partial charge in [-0.3, -0.25) is 4.79 Å². The van der Waals surface area contributed by atoms with E-state index in [2.05, 4.69) is 18.8 Å². The highest BCUT2D eigenvalue weighted by atomic mass is 32.1. The van der Waals surface area contributed by atoms with Crippen LogP contribution in [0.4, 0.5) is 0 Å². The molecular formula is C17H21NO2S. The Morgan fingerprint density at radius 1 is 1.33 bits per heavy atom. The van der Waals surface area contributed by atoms with Crippen LogP contribution in [0.3, 0.4) is 0 Å². The average molecular weight is 303 g/mol. The molecule has 1 heterocycles. The Labute approximate surface area is 130 Å². The fraction of sp³-hybridized carbons (Fsp3) is 0.412. The van der Waals surface area contributed by atoms with Crippen molar-refractivity contribution in [2.45, 2.75) is 45.6 Å². The number of carbonyl (C=O) groups excluding carboxylic acids is 1. The van der Waals surface area contributed by atoms with Gasteiger partial charge in [0.1, 0.15) is 11.5 Å². The van der Waals surface area contributed by atoms with Crippen LogP contribution in [-0.4, -0.2) is 16.9 Å². The van der Waals surface area contributed by atoms with E-state index < -0.39 is 0 Å². The van der Waals surface area contributed by atoms with Gasteiger partial charge in [-0.05, 0) is 19.4 Å². The molecule has 0 aliphatic heterocycles.